The Bertz CT molecular complexity index is 128. The molecule has 0 aromatic rings. The molecular formula is C8H18O4Si. The SMILES string of the molecule is C=CCOCC[Si](OC)(OC)OC. The average Bonchev–Trinajstić information content (AvgIpc) is 2.20. The van der Waals surface area contributed by atoms with E-state index in [1.54, 1.807) is 27.4 Å². The molecular weight excluding hydrogens is 188 g/mol. The average molecular weight is 206 g/mol. The first-order valence-corrected chi connectivity index (χ1v) is 6.02. The fraction of sp³-hybridized carbons (Fsp3) is 0.750. The predicted molar refractivity (Wildman–Crippen MR) is 52.6 cm³/mol. The van der Waals surface area contributed by atoms with Gasteiger partial charge in [0.1, 0.15) is 0 Å². The number of ether oxygens (including phenoxy) is 1. The highest BCUT2D eigenvalue weighted by atomic mass is 28.4. The highest BCUT2D eigenvalue weighted by molar-refractivity contribution is 6.60. The van der Waals surface area contributed by atoms with Crippen molar-refractivity contribution < 1.29 is 18.0 Å². The van der Waals surface area contributed by atoms with Crippen LogP contribution in [0.25, 0.3) is 0 Å². The quantitative estimate of drug-likeness (QED) is 0.338. The van der Waals surface area contributed by atoms with E-state index in [0.29, 0.717) is 19.3 Å². The summed E-state index contributed by atoms with van der Waals surface area (Å²) in [7, 11) is 2.34. The summed E-state index contributed by atoms with van der Waals surface area (Å²) in [5.41, 5.74) is 0. The third-order valence-electron chi connectivity index (χ3n) is 1.72. The molecule has 4 nitrogen and oxygen atoms in total. The first kappa shape index (κ1) is 12.8. The molecule has 13 heavy (non-hydrogen) atoms. The summed E-state index contributed by atoms with van der Waals surface area (Å²) in [4.78, 5) is 0. The fourth-order valence-corrected chi connectivity index (χ4v) is 2.43. The van der Waals surface area contributed by atoms with Crippen molar-refractivity contribution >= 4 is 8.80 Å². The molecule has 0 fully saturated rings. The summed E-state index contributed by atoms with van der Waals surface area (Å²) in [6.07, 6.45) is 1.70. The van der Waals surface area contributed by atoms with Gasteiger partial charge in [-0.1, -0.05) is 6.08 Å². The number of hydrogen-bond donors (Lipinski definition) is 0. The molecule has 0 atom stereocenters. The Morgan fingerprint density at radius 3 is 2.08 bits per heavy atom. The lowest BCUT2D eigenvalue weighted by Crippen LogP contribution is -2.43. The van der Waals surface area contributed by atoms with Crippen LogP contribution in [0.4, 0.5) is 0 Å². The van der Waals surface area contributed by atoms with E-state index in [-0.39, 0.29) is 0 Å². The van der Waals surface area contributed by atoms with Crippen molar-refractivity contribution in [2.45, 2.75) is 6.04 Å². The zero-order chi connectivity index (χ0) is 10.2. The minimum absolute atomic E-state index is 0.543. The molecule has 0 aromatic heterocycles. The summed E-state index contributed by atoms with van der Waals surface area (Å²) in [5, 5.41) is 0. The molecule has 0 radical (unpaired) electrons. The zero-order valence-electron chi connectivity index (χ0n) is 8.54. The van der Waals surface area contributed by atoms with E-state index >= 15 is 0 Å². The first-order valence-electron chi connectivity index (χ1n) is 4.08. The van der Waals surface area contributed by atoms with Gasteiger partial charge < -0.3 is 18.0 Å². The Morgan fingerprint density at radius 2 is 1.69 bits per heavy atom. The summed E-state index contributed by atoms with van der Waals surface area (Å²) in [6.45, 7) is 4.65. The van der Waals surface area contributed by atoms with Crippen molar-refractivity contribution in [3.05, 3.63) is 12.7 Å². The highest BCUT2D eigenvalue weighted by Crippen LogP contribution is 2.11. The van der Waals surface area contributed by atoms with Crippen LogP contribution in [0.3, 0.4) is 0 Å². The van der Waals surface area contributed by atoms with Gasteiger partial charge in [0.15, 0.2) is 0 Å². The van der Waals surface area contributed by atoms with Gasteiger partial charge in [-0.05, 0) is 0 Å². The third-order valence-corrected chi connectivity index (χ3v) is 4.40. The van der Waals surface area contributed by atoms with Crippen LogP contribution in [-0.4, -0.2) is 43.3 Å². The molecule has 0 aliphatic carbocycles. The Morgan fingerprint density at radius 1 is 1.15 bits per heavy atom. The van der Waals surface area contributed by atoms with Crippen LogP contribution in [-0.2, 0) is 18.0 Å². The lowest BCUT2D eigenvalue weighted by molar-refractivity contribution is 0.103. The molecule has 5 heteroatoms. The highest BCUT2D eigenvalue weighted by Gasteiger charge is 2.37. The number of hydrogen-bond acceptors (Lipinski definition) is 4. The lowest BCUT2D eigenvalue weighted by atomic mass is 10.7. The van der Waals surface area contributed by atoms with E-state index in [2.05, 4.69) is 6.58 Å². The van der Waals surface area contributed by atoms with Crippen molar-refractivity contribution in [2.24, 2.45) is 0 Å². The topological polar surface area (TPSA) is 36.9 Å². The van der Waals surface area contributed by atoms with Crippen LogP contribution in [0.1, 0.15) is 0 Å². The van der Waals surface area contributed by atoms with E-state index in [9.17, 15) is 0 Å². The van der Waals surface area contributed by atoms with E-state index in [4.69, 9.17) is 18.0 Å². The summed E-state index contributed by atoms with van der Waals surface area (Å²) >= 11 is 0. The minimum atomic E-state index is -2.43. The van der Waals surface area contributed by atoms with Crippen LogP contribution in [0, 0.1) is 0 Å². The van der Waals surface area contributed by atoms with E-state index in [0.717, 1.165) is 0 Å². The van der Waals surface area contributed by atoms with Crippen LogP contribution < -0.4 is 0 Å². The van der Waals surface area contributed by atoms with Crippen LogP contribution in [0.5, 0.6) is 0 Å². The molecule has 0 aliphatic heterocycles. The molecule has 0 aliphatic rings. The fourth-order valence-electron chi connectivity index (χ4n) is 0.920. The van der Waals surface area contributed by atoms with Gasteiger partial charge in [0.2, 0.25) is 0 Å². The number of rotatable bonds is 8. The van der Waals surface area contributed by atoms with Crippen molar-refractivity contribution in [3.8, 4) is 0 Å². The van der Waals surface area contributed by atoms with Crippen molar-refractivity contribution in [1.82, 2.24) is 0 Å². The molecule has 0 bridgehead atoms. The van der Waals surface area contributed by atoms with Gasteiger partial charge in [0.05, 0.1) is 13.2 Å². The van der Waals surface area contributed by atoms with Gasteiger partial charge in [0, 0.05) is 27.4 Å². The van der Waals surface area contributed by atoms with Gasteiger partial charge in [-0.15, -0.1) is 6.58 Å². The summed E-state index contributed by atoms with van der Waals surface area (Å²) in [5.74, 6) is 0. The third kappa shape index (κ3) is 4.54. The second-order valence-electron chi connectivity index (χ2n) is 2.41. The lowest BCUT2D eigenvalue weighted by Gasteiger charge is -2.23. The van der Waals surface area contributed by atoms with Gasteiger partial charge in [-0.25, -0.2) is 0 Å². The largest absolute Gasteiger partial charge is 0.502 e. The standard InChI is InChI=1S/C8H18O4Si/c1-5-6-12-7-8-13(9-2,10-3)11-4/h5H,1,6-8H2,2-4H3. The van der Waals surface area contributed by atoms with E-state index in [1.807, 2.05) is 0 Å². The smallest absolute Gasteiger partial charge is 0.377 e. The molecule has 0 N–H and O–H groups in total. The van der Waals surface area contributed by atoms with Gasteiger partial charge in [0.25, 0.3) is 0 Å². The molecule has 0 saturated carbocycles. The van der Waals surface area contributed by atoms with Crippen LogP contribution in [0.2, 0.25) is 6.04 Å². The molecule has 0 unspecified atom stereocenters. The van der Waals surface area contributed by atoms with Crippen molar-refractivity contribution in [2.75, 3.05) is 34.5 Å². The van der Waals surface area contributed by atoms with Crippen molar-refractivity contribution in [3.63, 3.8) is 0 Å². The van der Waals surface area contributed by atoms with E-state index < -0.39 is 8.80 Å². The monoisotopic (exact) mass is 206 g/mol. The van der Waals surface area contributed by atoms with Crippen LogP contribution >= 0.6 is 0 Å². The summed E-state index contributed by atoms with van der Waals surface area (Å²) in [6, 6.07) is 0.657. The van der Waals surface area contributed by atoms with Crippen molar-refractivity contribution in [1.29, 1.82) is 0 Å². The molecule has 0 spiro atoms. The molecule has 0 aromatic carbocycles. The van der Waals surface area contributed by atoms with E-state index in [1.165, 1.54) is 0 Å². The molecule has 0 amide bonds. The molecule has 0 saturated heterocycles. The Labute approximate surface area is 80.8 Å². The molecule has 78 valence electrons. The Hall–Kier alpha value is -0.203. The normalized spacial score (nSPS) is 11.6. The Balaban J connectivity index is 3.74. The minimum Gasteiger partial charge on any atom is -0.377 e. The molecule has 0 heterocycles. The maximum atomic E-state index is 5.22. The second-order valence-corrected chi connectivity index (χ2v) is 5.50. The maximum Gasteiger partial charge on any atom is 0.502 e. The predicted octanol–water partition coefficient (Wildman–Crippen LogP) is 1.07. The molecule has 0 rings (SSSR count). The maximum absolute atomic E-state index is 5.22. The Kier molecular flexibility index (Phi) is 7.11. The van der Waals surface area contributed by atoms with Gasteiger partial charge in [-0.3, -0.25) is 0 Å². The second kappa shape index (κ2) is 7.22. The summed E-state index contributed by atoms with van der Waals surface area (Å²) < 4.78 is 20.8. The first-order chi connectivity index (χ1) is 6.24. The van der Waals surface area contributed by atoms with Gasteiger partial charge >= 0.3 is 8.80 Å². The zero-order valence-corrected chi connectivity index (χ0v) is 9.54. The van der Waals surface area contributed by atoms with Crippen LogP contribution in [0.15, 0.2) is 12.7 Å². The van der Waals surface area contributed by atoms with Gasteiger partial charge in [-0.2, -0.15) is 0 Å².